The van der Waals surface area contributed by atoms with Crippen LogP contribution in [-0.4, -0.2) is 5.11 Å². The van der Waals surface area contributed by atoms with E-state index in [0.29, 0.717) is 25.7 Å². The summed E-state index contributed by atoms with van der Waals surface area (Å²) in [6, 6.07) is 1.98. The lowest BCUT2D eigenvalue weighted by atomic mass is 9.85. The molecule has 1 aromatic carbocycles. The van der Waals surface area contributed by atoms with Crippen LogP contribution in [0.25, 0.3) is 0 Å². The molecule has 0 saturated carbocycles. The van der Waals surface area contributed by atoms with Crippen molar-refractivity contribution in [1.82, 2.24) is 0 Å². The third-order valence-electron chi connectivity index (χ3n) is 2.86. The molecule has 0 aliphatic carbocycles. The van der Waals surface area contributed by atoms with E-state index in [-0.39, 0.29) is 5.56 Å². The van der Waals surface area contributed by atoms with Crippen LogP contribution in [0.1, 0.15) is 45.1 Å². The van der Waals surface area contributed by atoms with Crippen molar-refractivity contribution in [3.8, 4) is 0 Å². The SMILES string of the molecule is CCCC(O)(CCC)c1ccc(F)c(F)c1F. The molecular weight excluding hydrogens is 229 g/mol. The molecule has 0 aliphatic heterocycles. The van der Waals surface area contributed by atoms with E-state index in [4.69, 9.17) is 0 Å². The molecule has 0 saturated heterocycles. The number of benzene rings is 1. The minimum absolute atomic E-state index is 0.153. The molecule has 4 heteroatoms. The van der Waals surface area contributed by atoms with Crippen LogP contribution in [0.4, 0.5) is 13.2 Å². The van der Waals surface area contributed by atoms with Crippen molar-refractivity contribution in [3.05, 3.63) is 35.1 Å². The molecule has 96 valence electrons. The highest BCUT2D eigenvalue weighted by molar-refractivity contribution is 5.26. The highest BCUT2D eigenvalue weighted by atomic mass is 19.2. The second kappa shape index (κ2) is 5.54. The Hall–Kier alpha value is -1.03. The van der Waals surface area contributed by atoms with Gasteiger partial charge in [0.1, 0.15) is 0 Å². The fourth-order valence-electron chi connectivity index (χ4n) is 2.11. The summed E-state index contributed by atoms with van der Waals surface area (Å²) in [4.78, 5) is 0. The molecule has 0 aromatic heterocycles. The fraction of sp³-hybridized carbons (Fsp3) is 0.538. The number of hydrogen-bond donors (Lipinski definition) is 1. The van der Waals surface area contributed by atoms with Gasteiger partial charge >= 0.3 is 0 Å². The van der Waals surface area contributed by atoms with Crippen LogP contribution < -0.4 is 0 Å². The molecule has 1 rings (SSSR count). The second-order valence-electron chi connectivity index (χ2n) is 4.25. The minimum Gasteiger partial charge on any atom is -0.385 e. The molecule has 17 heavy (non-hydrogen) atoms. The molecule has 1 aromatic rings. The van der Waals surface area contributed by atoms with E-state index in [9.17, 15) is 18.3 Å². The Morgan fingerprint density at radius 1 is 1.00 bits per heavy atom. The van der Waals surface area contributed by atoms with Gasteiger partial charge in [0.05, 0.1) is 5.60 Å². The maximum atomic E-state index is 13.6. The first-order chi connectivity index (χ1) is 7.96. The Morgan fingerprint density at radius 2 is 1.53 bits per heavy atom. The second-order valence-corrected chi connectivity index (χ2v) is 4.25. The van der Waals surface area contributed by atoms with Gasteiger partial charge in [-0.05, 0) is 18.9 Å². The first-order valence-corrected chi connectivity index (χ1v) is 5.82. The van der Waals surface area contributed by atoms with Gasteiger partial charge in [0.25, 0.3) is 0 Å². The zero-order valence-electron chi connectivity index (χ0n) is 10.1. The van der Waals surface area contributed by atoms with Crippen molar-refractivity contribution in [3.63, 3.8) is 0 Å². The van der Waals surface area contributed by atoms with E-state index in [1.807, 2.05) is 13.8 Å². The Morgan fingerprint density at radius 3 is 2.00 bits per heavy atom. The van der Waals surface area contributed by atoms with Crippen molar-refractivity contribution >= 4 is 0 Å². The summed E-state index contributed by atoms with van der Waals surface area (Å²) < 4.78 is 39.6. The zero-order valence-corrected chi connectivity index (χ0v) is 10.1. The molecule has 0 aliphatic rings. The van der Waals surface area contributed by atoms with Gasteiger partial charge in [0, 0.05) is 5.56 Å². The summed E-state index contributed by atoms with van der Waals surface area (Å²) in [5, 5.41) is 10.3. The topological polar surface area (TPSA) is 20.2 Å². The first-order valence-electron chi connectivity index (χ1n) is 5.82. The van der Waals surface area contributed by atoms with E-state index >= 15 is 0 Å². The molecule has 0 heterocycles. The quantitative estimate of drug-likeness (QED) is 0.781. The van der Waals surface area contributed by atoms with Crippen LogP contribution in [-0.2, 0) is 5.60 Å². The molecule has 0 unspecified atom stereocenters. The molecule has 0 radical (unpaired) electrons. The Kier molecular flexibility index (Phi) is 4.57. The summed E-state index contributed by atoms with van der Waals surface area (Å²) in [6.07, 6.45) is 1.91. The number of rotatable bonds is 5. The molecule has 1 nitrogen and oxygen atoms in total. The van der Waals surface area contributed by atoms with Gasteiger partial charge in [0.15, 0.2) is 17.5 Å². The Labute approximate surface area is 99.3 Å². The summed E-state index contributed by atoms with van der Waals surface area (Å²) in [5.74, 6) is -4.04. The lowest BCUT2D eigenvalue weighted by molar-refractivity contribution is 0.0128. The average molecular weight is 246 g/mol. The van der Waals surface area contributed by atoms with E-state index in [2.05, 4.69) is 0 Å². The highest BCUT2D eigenvalue weighted by Crippen LogP contribution is 2.34. The molecule has 0 spiro atoms. The van der Waals surface area contributed by atoms with Gasteiger partial charge in [-0.1, -0.05) is 32.8 Å². The van der Waals surface area contributed by atoms with E-state index in [0.717, 1.165) is 12.1 Å². The van der Waals surface area contributed by atoms with Crippen molar-refractivity contribution in [2.75, 3.05) is 0 Å². The molecule has 0 amide bonds. The van der Waals surface area contributed by atoms with Crippen molar-refractivity contribution in [1.29, 1.82) is 0 Å². The van der Waals surface area contributed by atoms with Gasteiger partial charge < -0.3 is 5.11 Å². The average Bonchev–Trinajstić information content (AvgIpc) is 2.26. The fourth-order valence-corrected chi connectivity index (χ4v) is 2.11. The summed E-state index contributed by atoms with van der Waals surface area (Å²) in [6.45, 7) is 3.69. The van der Waals surface area contributed by atoms with Gasteiger partial charge in [-0.15, -0.1) is 0 Å². The lowest BCUT2D eigenvalue weighted by Gasteiger charge is -2.28. The molecule has 0 fully saturated rings. The summed E-state index contributed by atoms with van der Waals surface area (Å²) in [5.41, 5.74) is -1.57. The van der Waals surface area contributed by atoms with Gasteiger partial charge in [-0.3, -0.25) is 0 Å². The van der Waals surface area contributed by atoms with Crippen LogP contribution >= 0.6 is 0 Å². The summed E-state index contributed by atoms with van der Waals surface area (Å²) in [7, 11) is 0. The molecule has 0 bridgehead atoms. The maximum absolute atomic E-state index is 13.6. The zero-order chi connectivity index (χ0) is 13.1. The first kappa shape index (κ1) is 14.0. The molecular formula is C13H17F3O. The monoisotopic (exact) mass is 246 g/mol. The largest absolute Gasteiger partial charge is 0.385 e. The molecule has 1 N–H and O–H groups in total. The summed E-state index contributed by atoms with van der Waals surface area (Å²) >= 11 is 0. The minimum atomic E-state index is -1.52. The highest BCUT2D eigenvalue weighted by Gasteiger charge is 2.32. The van der Waals surface area contributed by atoms with Crippen molar-refractivity contribution in [2.45, 2.75) is 45.1 Å². The number of aliphatic hydroxyl groups is 1. The van der Waals surface area contributed by atoms with Crippen LogP contribution in [0.2, 0.25) is 0 Å². The van der Waals surface area contributed by atoms with E-state index < -0.39 is 23.1 Å². The van der Waals surface area contributed by atoms with Gasteiger partial charge in [-0.2, -0.15) is 0 Å². The predicted octanol–water partition coefficient (Wildman–Crippen LogP) is 3.89. The third-order valence-corrected chi connectivity index (χ3v) is 2.86. The van der Waals surface area contributed by atoms with Crippen molar-refractivity contribution in [2.24, 2.45) is 0 Å². The van der Waals surface area contributed by atoms with Gasteiger partial charge in [0.2, 0.25) is 0 Å². The maximum Gasteiger partial charge on any atom is 0.194 e. The normalized spacial score (nSPS) is 11.9. The molecule has 0 atom stereocenters. The lowest BCUT2D eigenvalue weighted by Crippen LogP contribution is -2.27. The van der Waals surface area contributed by atoms with Crippen LogP contribution in [0, 0.1) is 17.5 Å². The Bertz CT molecular complexity index is 384. The standard InChI is InChI=1S/C13H17F3O/c1-3-7-13(17,8-4-2)9-5-6-10(14)12(16)11(9)15/h5-6,17H,3-4,7-8H2,1-2H3. The smallest absolute Gasteiger partial charge is 0.194 e. The number of halogens is 3. The van der Waals surface area contributed by atoms with Gasteiger partial charge in [-0.25, -0.2) is 13.2 Å². The number of hydrogen-bond acceptors (Lipinski definition) is 1. The third kappa shape index (κ3) is 2.80. The van der Waals surface area contributed by atoms with E-state index in [1.165, 1.54) is 0 Å². The van der Waals surface area contributed by atoms with E-state index in [1.54, 1.807) is 0 Å². The Balaban J connectivity index is 3.24. The van der Waals surface area contributed by atoms with Crippen LogP contribution in [0.3, 0.4) is 0 Å². The predicted molar refractivity (Wildman–Crippen MR) is 60.0 cm³/mol. The van der Waals surface area contributed by atoms with Crippen LogP contribution in [0.5, 0.6) is 0 Å². The van der Waals surface area contributed by atoms with Crippen LogP contribution in [0.15, 0.2) is 12.1 Å². The van der Waals surface area contributed by atoms with Crippen molar-refractivity contribution < 1.29 is 18.3 Å².